The first-order valence-corrected chi connectivity index (χ1v) is 11.7. The molecule has 0 aliphatic heterocycles. The van der Waals surface area contributed by atoms with E-state index in [1.165, 1.54) is 0 Å². The summed E-state index contributed by atoms with van der Waals surface area (Å²) in [5.41, 5.74) is 1.03. The molecule has 30 heavy (non-hydrogen) atoms. The monoisotopic (exact) mass is 433 g/mol. The minimum Gasteiger partial charge on any atom is -0.497 e. The van der Waals surface area contributed by atoms with Crippen LogP contribution in [0.15, 0.2) is 64.5 Å². The Morgan fingerprint density at radius 3 is 2.37 bits per heavy atom. The van der Waals surface area contributed by atoms with Crippen LogP contribution in [0.25, 0.3) is 0 Å². The van der Waals surface area contributed by atoms with Gasteiger partial charge in [0.05, 0.1) is 24.3 Å². The molecule has 2 aromatic rings. The summed E-state index contributed by atoms with van der Waals surface area (Å²) < 4.78 is 35.4. The van der Waals surface area contributed by atoms with Gasteiger partial charge in [0.2, 0.25) is 0 Å². The lowest BCUT2D eigenvalue weighted by molar-refractivity contribution is 0.145. The van der Waals surface area contributed by atoms with E-state index in [2.05, 4.69) is 15.6 Å². The summed E-state index contributed by atoms with van der Waals surface area (Å²) >= 11 is 0. The van der Waals surface area contributed by atoms with E-state index < -0.39 is 9.84 Å². The van der Waals surface area contributed by atoms with Gasteiger partial charge in [-0.2, -0.15) is 0 Å². The van der Waals surface area contributed by atoms with Gasteiger partial charge in [0.25, 0.3) is 0 Å². The lowest BCUT2D eigenvalue weighted by Gasteiger charge is -2.13. The van der Waals surface area contributed by atoms with E-state index in [1.54, 1.807) is 37.4 Å². The topological polar surface area (TPSA) is 89.0 Å². The number of guanidine groups is 1. The highest BCUT2D eigenvalue weighted by molar-refractivity contribution is 7.91. The third kappa shape index (κ3) is 8.42. The molecule has 7 nitrogen and oxygen atoms in total. The fourth-order valence-corrected chi connectivity index (χ4v) is 3.83. The Morgan fingerprint density at radius 2 is 1.70 bits per heavy atom. The van der Waals surface area contributed by atoms with Crippen molar-refractivity contribution >= 4 is 15.8 Å². The van der Waals surface area contributed by atoms with Gasteiger partial charge in [0, 0.05) is 26.3 Å². The van der Waals surface area contributed by atoms with E-state index in [9.17, 15) is 8.42 Å². The van der Waals surface area contributed by atoms with Crippen LogP contribution >= 0.6 is 0 Å². The van der Waals surface area contributed by atoms with Crippen molar-refractivity contribution in [2.75, 3.05) is 39.2 Å². The van der Waals surface area contributed by atoms with Crippen molar-refractivity contribution in [2.24, 2.45) is 4.99 Å². The van der Waals surface area contributed by atoms with Gasteiger partial charge in [-0.15, -0.1) is 0 Å². The van der Waals surface area contributed by atoms with Gasteiger partial charge in [0.15, 0.2) is 15.8 Å². The third-order valence-electron chi connectivity index (χ3n) is 4.31. The molecule has 0 saturated carbocycles. The summed E-state index contributed by atoms with van der Waals surface area (Å²) in [6.45, 7) is 4.72. The molecule has 0 fully saturated rings. The number of rotatable bonds is 12. The first-order valence-electron chi connectivity index (χ1n) is 10.1. The number of ether oxygens (including phenoxy) is 2. The van der Waals surface area contributed by atoms with E-state index in [1.807, 2.05) is 31.2 Å². The van der Waals surface area contributed by atoms with Crippen molar-refractivity contribution in [3.05, 3.63) is 60.2 Å². The Morgan fingerprint density at radius 1 is 1.00 bits per heavy atom. The molecular formula is C22H31N3O4S. The second-order valence-electron chi connectivity index (χ2n) is 6.55. The molecule has 0 radical (unpaired) electrons. The highest BCUT2D eigenvalue weighted by Gasteiger charge is 2.13. The Bertz CT molecular complexity index is 869. The molecule has 0 unspecified atom stereocenters. The van der Waals surface area contributed by atoms with E-state index >= 15 is 0 Å². The van der Waals surface area contributed by atoms with Crippen molar-refractivity contribution in [1.29, 1.82) is 0 Å². The van der Waals surface area contributed by atoms with Crippen LogP contribution in [0.5, 0.6) is 5.75 Å². The van der Waals surface area contributed by atoms with Gasteiger partial charge in [0.1, 0.15) is 5.75 Å². The van der Waals surface area contributed by atoms with Crippen molar-refractivity contribution in [3.8, 4) is 5.75 Å². The first-order chi connectivity index (χ1) is 14.5. The number of sulfone groups is 1. The molecule has 164 valence electrons. The molecule has 0 saturated heterocycles. The molecule has 0 amide bonds. The molecule has 0 atom stereocenters. The summed E-state index contributed by atoms with van der Waals surface area (Å²) in [4.78, 5) is 4.90. The molecule has 2 aromatic carbocycles. The second kappa shape index (κ2) is 12.9. The number of methoxy groups -OCH3 is 1. The van der Waals surface area contributed by atoms with Crippen LogP contribution in [0, 0.1) is 0 Å². The molecule has 0 aliphatic rings. The largest absolute Gasteiger partial charge is 0.497 e. The van der Waals surface area contributed by atoms with Crippen LogP contribution in [-0.4, -0.2) is 53.5 Å². The van der Waals surface area contributed by atoms with Gasteiger partial charge in [-0.05, 0) is 43.2 Å². The van der Waals surface area contributed by atoms with Crippen molar-refractivity contribution in [3.63, 3.8) is 0 Å². The van der Waals surface area contributed by atoms with Crippen molar-refractivity contribution in [1.82, 2.24) is 10.6 Å². The van der Waals surface area contributed by atoms with Crippen molar-refractivity contribution < 1.29 is 17.9 Å². The first kappa shape index (κ1) is 23.7. The maximum absolute atomic E-state index is 12.5. The summed E-state index contributed by atoms with van der Waals surface area (Å²) in [5.74, 6) is 1.35. The summed E-state index contributed by atoms with van der Waals surface area (Å²) in [6.07, 6.45) is 0.833. The Kier molecular flexibility index (Phi) is 10.2. The molecule has 0 bridgehead atoms. The van der Waals surface area contributed by atoms with Crippen LogP contribution in [-0.2, 0) is 21.1 Å². The highest BCUT2D eigenvalue weighted by atomic mass is 32.2. The normalized spacial score (nSPS) is 11.9. The zero-order chi connectivity index (χ0) is 21.7. The standard InChI is InChI=1S/C22H31N3O4S/c1-3-29-16-7-14-23-22(25-18-19-10-12-20(28-2)13-11-19)24-15-17-30(26,27)21-8-5-4-6-9-21/h4-6,8-13H,3,7,14-18H2,1-2H3,(H2,23,24,25). The van der Waals surface area contributed by atoms with Gasteiger partial charge < -0.3 is 20.1 Å². The molecular weight excluding hydrogens is 402 g/mol. The van der Waals surface area contributed by atoms with Gasteiger partial charge in [-0.3, -0.25) is 0 Å². The Hall–Kier alpha value is -2.58. The smallest absolute Gasteiger partial charge is 0.191 e. The molecule has 2 rings (SSSR count). The molecule has 2 N–H and O–H groups in total. The highest BCUT2D eigenvalue weighted by Crippen LogP contribution is 2.12. The van der Waals surface area contributed by atoms with Crippen LogP contribution in [0.1, 0.15) is 18.9 Å². The van der Waals surface area contributed by atoms with E-state index in [-0.39, 0.29) is 12.3 Å². The van der Waals surface area contributed by atoms with Crippen LogP contribution in [0.2, 0.25) is 0 Å². The number of nitrogens with one attached hydrogen (secondary N) is 2. The minimum atomic E-state index is -3.34. The summed E-state index contributed by atoms with van der Waals surface area (Å²) in [5, 5.41) is 6.36. The fraction of sp³-hybridized carbons (Fsp3) is 0.409. The van der Waals surface area contributed by atoms with Crippen LogP contribution in [0.3, 0.4) is 0 Å². The minimum absolute atomic E-state index is 0.0147. The fourth-order valence-electron chi connectivity index (χ4n) is 2.65. The number of aliphatic imine (C=N–C) groups is 1. The molecule has 0 aliphatic carbocycles. The molecule has 0 heterocycles. The van der Waals surface area contributed by atoms with E-state index in [4.69, 9.17) is 9.47 Å². The Labute approximate surface area is 179 Å². The molecule has 8 heteroatoms. The summed E-state index contributed by atoms with van der Waals surface area (Å²) in [7, 11) is -1.71. The third-order valence-corrected chi connectivity index (χ3v) is 6.04. The van der Waals surface area contributed by atoms with Crippen LogP contribution < -0.4 is 15.4 Å². The maximum Gasteiger partial charge on any atom is 0.191 e. The average Bonchev–Trinajstić information content (AvgIpc) is 2.77. The zero-order valence-corrected chi connectivity index (χ0v) is 18.5. The number of nitrogens with zero attached hydrogens (tertiary/aromatic N) is 1. The Balaban J connectivity index is 1.94. The quantitative estimate of drug-likeness (QED) is 0.304. The molecule has 0 spiro atoms. The average molecular weight is 434 g/mol. The van der Waals surface area contributed by atoms with Gasteiger partial charge in [-0.1, -0.05) is 30.3 Å². The number of benzene rings is 2. The van der Waals surface area contributed by atoms with Gasteiger partial charge >= 0.3 is 0 Å². The second-order valence-corrected chi connectivity index (χ2v) is 8.66. The number of hydrogen-bond acceptors (Lipinski definition) is 5. The lowest BCUT2D eigenvalue weighted by atomic mass is 10.2. The number of hydrogen-bond donors (Lipinski definition) is 2. The van der Waals surface area contributed by atoms with Crippen LogP contribution in [0.4, 0.5) is 0 Å². The predicted molar refractivity (Wildman–Crippen MR) is 120 cm³/mol. The zero-order valence-electron chi connectivity index (χ0n) is 17.6. The van der Waals surface area contributed by atoms with E-state index in [0.717, 1.165) is 17.7 Å². The predicted octanol–water partition coefficient (Wildman–Crippen LogP) is 2.63. The summed E-state index contributed by atoms with van der Waals surface area (Å²) in [6, 6.07) is 16.2. The van der Waals surface area contributed by atoms with Crippen molar-refractivity contribution in [2.45, 2.75) is 24.8 Å². The maximum atomic E-state index is 12.5. The lowest BCUT2D eigenvalue weighted by Crippen LogP contribution is -2.40. The van der Waals surface area contributed by atoms with E-state index in [0.29, 0.717) is 37.2 Å². The SMILES string of the molecule is CCOCCCNC(=NCc1ccc(OC)cc1)NCCS(=O)(=O)c1ccccc1. The molecule has 0 aromatic heterocycles. The van der Waals surface area contributed by atoms with Gasteiger partial charge in [-0.25, -0.2) is 13.4 Å².